The van der Waals surface area contributed by atoms with Gasteiger partial charge in [-0.05, 0) is 61.6 Å². The van der Waals surface area contributed by atoms with E-state index in [0.717, 1.165) is 27.6 Å². The lowest BCUT2D eigenvalue weighted by atomic mass is 9.97. The first-order chi connectivity index (χ1) is 24.2. The number of rotatable bonds is 4. The van der Waals surface area contributed by atoms with E-state index >= 15 is 0 Å². The molecule has 2 heterocycles. The summed E-state index contributed by atoms with van der Waals surface area (Å²) in [5, 5.41) is 9.85. The summed E-state index contributed by atoms with van der Waals surface area (Å²) in [4.78, 5) is 15.3. The van der Waals surface area contributed by atoms with Gasteiger partial charge in [-0.1, -0.05) is 146 Å². The van der Waals surface area contributed by atoms with Gasteiger partial charge in [0.15, 0.2) is 17.5 Å². The van der Waals surface area contributed by atoms with Gasteiger partial charge in [-0.25, -0.2) is 15.0 Å². The Morgan fingerprint density at radius 3 is 1.61 bits per heavy atom. The second-order valence-electron chi connectivity index (χ2n) is 12.4. The Morgan fingerprint density at radius 2 is 0.816 bits per heavy atom. The fraction of sp³-hybridized carbons (Fsp3) is 0. The number of nitrogens with zero attached hydrogens (tertiary/aromatic N) is 3. The standard InChI is InChI=1S/C45H27N3S/c1-3-11-35-28(8-1)10-7-14-37(35)30-16-19-31(20-17-30)43-46-44(33-22-24-38-32(26-33)21-18-29-9-2-4-12-36(29)38)48-45(47-43)34-23-25-40-39-13-5-6-15-41(39)49-42(40)27-34/h1-27H. The molecular weight excluding hydrogens is 615 g/mol. The summed E-state index contributed by atoms with van der Waals surface area (Å²) >= 11 is 1.80. The topological polar surface area (TPSA) is 38.7 Å². The molecule has 2 aromatic heterocycles. The second-order valence-corrected chi connectivity index (χ2v) is 13.5. The van der Waals surface area contributed by atoms with Crippen LogP contribution in [0.15, 0.2) is 164 Å². The van der Waals surface area contributed by atoms with Gasteiger partial charge in [-0.3, -0.25) is 0 Å². The first kappa shape index (κ1) is 27.8. The van der Waals surface area contributed by atoms with Gasteiger partial charge in [-0.2, -0.15) is 0 Å². The van der Waals surface area contributed by atoms with E-state index in [1.54, 1.807) is 11.3 Å². The minimum absolute atomic E-state index is 0.652. The summed E-state index contributed by atoms with van der Waals surface area (Å²) in [6, 6.07) is 58.1. The predicted molar refractivity (Wildman–Crippen MR) is 207 cm³/mol. The minimum atomic E-state index is 0.652. The molecule has 0 saturated carbocycles. The van der Waals surface area contributed by atoms with Crippen molar-refractivity contribution in [1.29, 1.82) is 0 Å². The van der Waals surface area contributed by atoms with Crippen molar-refractivity contribution in [2.24, 2.45) is 0 Å². The van der Waals surface area contributed by atoms with E-state index in [1.807, 2.05) is 0 Å². The van der Waals surface area contributed by atoms with Gasteiger partial charge in [0.05, 0.1) is 0 Å². The smallest absolute Gasteiger partial charge is 0.164 e. The number of thiophene rings is 1. The number of aromatic nitrogens is 3. The molecule has 0 fully saturated rings. The van der Waals surface area contributed by atoms with E-state index < -0.39 is 0 Å². The maximum absolute atomic E-state index is 5.11. The third kappa shape index (κ3) is 4.76. The second kappa shape index (κ2) is 11.2. The lowest BCUT2D eigenvalue weighted by Crippen LogP contribution is -2.00. The molecule has 10 rings (SSSR count). The molecule has 0 bridgehead atoms. The van der Waals surface area contributed by atoms with E-state index in [2.05, 4.69) is 164 Å². The van der Waals surface area contributed by atoms with Crippen LogP contribution in [0.3, 0.4) is 0 Å². The van der Waals surface area contributed by atoms with Gasteiger partial charge in [0.2, 0.25) is 0 Å². The van der Waals surface area contributed by atoms with Gasteiger partial charge in [0, 0.05) is 36.9 Å². The lowest BCUT2D eigenvalue weighted by molar-refractivity contribution is 1.08. The van der Waals surface area contributed by atoms with Crippen LogP contribution in [0.4, 0.5) is 0 Å². The molecule has 0 N–H and O–H groups in total. The van der Waals surface area contributed by atoms with Crippen LogP contribution < -0.4 is 0 Å². The average Bonchev–Trinajstić information content (AvgIpc) is 3.55. The van der Waals surface area contributed by atoms with Crippen molar-refractivity contribution in [3.8, 4) is 45.3 Å². The van der Waals surface area contributed by atoms with Crippen molar-refractivity contribution in [3.05, 3.63) is 164 Å². The summed E-state index contributed by atoms with van der Waals surface area (Å²) in [6.45, 7) is 0. The fourth-order valence-corrected chi connectivity index (χ4v) is 8.20. The van der Waals surface area contributed by atoms with Crippen molar-refractivity contribution < 1.29 is 0 Å². The molecule has 228 valence electrons. The van der Waals surface area contributed by atoms with Crippen LogP contribution in [0, 0.1) is 0 Å². The highest BCUT2D eigenvalue weighted by molar-refractivity contribution is 7.25. The van der Waals surface area contributed by atoms with Crippen molar-refractivity contribution in [1.82, 2.24) is 15.0 Å². The Morgan fingerprint density at radius 1 is 0.306 bits per heavy atom. The zero-order chi connectivity index (χ0) is 32.3. The van der Waals surface area contributed by atoms with Crippen molar-refractivity contribution >= 4 is 63.8 Å². The number of fused-ring (bicyclic) bond motifs is 7. The molecule has 3 nitrogen and oxygen atoms in total. The molecule has 0 aliphatic heterocycles. The average molecular weight is 642 g/mol. The summed E-state index contributed by atoms with van der Waals surface area (Å²) < 4.78 is 2.50. The van der Waals surface area contributed by atoms with Gasteiger partial charge in [0.25, 0.3) is 0 Å². The van der Waals surface area contributed by atoms with Gasteiger partial charge >= 0.3 is 0 Å². The zero-order valence-electron chi connectivity index (χ0n) is 26.3. The molecule has 0 amide bonds. The van der Waals surface area contributed by atoms with Crippen LogP contribution in [-0.2, 0) is 0 Å². The van der Waals surface area contributed by atoms with E-state index in [-0.39, 0.29) is 0 Å². The van der Waals surface area contributed by atoms with Crippen molar-refractivity contribution in [3.63, 3.8) is 0 Å². The quantitative estimate of drug-likeness (QED) is 0.180. The van der Waals surface area contributed by atoms with E-state index in [0.29, 0.717) is 17.5 Å². The molecule has 0 atom stereocenters. The molecule has 10 aromatic rings. The molecule has 49 heavy (non-hydrogen) atoms. The highest BCUT2D eigenvalue weighted by Crippen LogP contribution is 2.37. The summed E-state index contributed by atoms with van der Waals surface area (Å²) in [6.07, 6.45) is 0. The third-order valence-electron chi connectivity index (χ3n) is 9.52. The normalized spacial score (nSPS) is 11.7. The molecule has 0 unspecified atom stereocenters. The summed E-state index contributed by atoms with van der Waals surface area (Å²) in [7, 11) is 0. The van der Waals surface area contributed by atoms with Crippen molar-refractivity contribution in [2.45, 2.75) is 0 Å². The first-order valence-corrected chi connectivity index (χ1v) is 17.3. The van der Waals surface area contributed by atoms with Crippen LogP contribution >= 0.6 is 11.3 Å². The van der Waals surface area contributed by atoms with Gasteiger partial charge < -0.3 is 0 Å². The molecule has 8 aromatic carbocycles. The Balaban J connectivity index is 1.13. The number of hydrogen-bond acceptors (Lipinski definition) is 4. The summed E-state index contributed by atoms with van der Waals surface area (Å²) in [5.74, 6) is 1.97. The van der Waals surface area contributed by atoms with Crippen LogP contribution in [0.5, 0.6) is 0 Å². The highest BCUT2D eigenvalue weighted by Gasteiger charge is 2.15. The first-order valence-electron chi connectivity index (χ1n) is 16.4. The van der Waals surface area contributed by atoms with Gasteiger partial charge in [-0.15, -0.1) is 11.3 Å². The molecular formula is C45H27N3S. The maximum Gasteiger partial charge on any atom is 0.164 e. The fourth-order valence-electron chi connectivity index (χ4n) is 7.06. The van der Waals surface area contributed by atoms with Crippen LogP contribution in [0.25, 0.3) is 97.8 Å². The molecule has 0 aliphatic carbocycles. The predicted octanol–water partition coefficient (Wildman–Crippen LogP) is 12.4. The highest BCUT2D eigenvalue weighted by atomic mass is 32.1. The number of hydrogen-bond donors (Lipinski definition) is 0. The molecule has 0 saturated heterocycles. The SMILES string of the molecule is c1ccc2c(-c3ccc(-c4nc(-c5ccc6c(ccc7ccccc76)c5)nc(-c5ccc6c(c5)sc5ccccc56)n4)cc3)cccc2c1. The molecule has 0 aliphatic rings. The monoisotopic (exact) mass is 641 g/mol. The minimum Gasteiger partial charge on any atom is -0.208 e. The Hall–Kier alpha value is -6.23. The van der Waals surface area contributed by atoms with Gasteiger partial charge in [0.1, 0.15) is 0 Å². The van der Waals surface area contributed by atoms with Crippen LogP contribution in [0.1, 0.15) is 0 Å². The largest absolute Gasteiger partial charge is 0.208 e. The maximum atomic E-state index is 5.11. The third-order valence-corrected chi connectivity index (χ3v) is 10.7. The van der Waals surface area contributed by atoms with Crippen LogP contribution in [-0.4, -0.2) is 15.0 Å². The molecule has 0 spiro atoms. The Labute approximate surface area is 286 Å². The van der Waals surface area contributed by atoms with E-state index in [9.17, 15) is 0 Å². The lowest BCUT2D eigenvalue weighted by Gasteiger charge is -2.11. The Bertz CT molecular complexity index is 2880. The molecule has 0 radical (unpaired) electrons. The van der Waals surface area contributed by atoms with E-state index in [1.165, 1.54) is 52.7 Å². The van der Waals surface area contributed by atoms with E-state index in [4.69, 9.17) is 15.0 Å². The number of benzene rings is 8. The van der Waals surface area contributed by atoms with Crippen LogP contribution in [0.2, 0.25) is 0 Å². The Kier molecular flexibility index (Phi) is 6.36. The molecule has 4 heteroatoms. The zero-order valence-corrected chi connectivity index (χ0v) is 27.2. The van der Waals surface area contributed by atoms with Crippen molar-refractivity contribution in [2.75, 3.05) is 0 Å². The summed E-state index contributed by atoms with van der Waals surface area (Å²) in [5.41, 5.74) is 5.25.